The van der Waals surface area contributed by atoms with Crippen LogP contribution in [0, 0.1) is 0 Å². The average Bonchev–Trinajstić information content (AvgIpc) is 2.55. The van der Waals surface area contributed by atoms with Gasteiger partial charge in [-0.1, -0.05) is 36.4 Å². The number of amides is 1. The summed E-state index contributed by atoms with van der Waals surface area (Å²) in [7, 11) is 1.60. The smallest absolute Gasteiger partial charge is 0.251 e. The van der Waals surface area contributed by atoms with E-state index in [0.717, 1.165) is 19.3 Å². The number of rotatable bonds is 7. The van der Waals surface area contributed by atoms with Crippen molar-refractivity contribution in [3.63, 3.8) is 0 Å². The van der Waals surface area contributed by atoms with Crippen molar-refractivity contribution < 1.29 is 9.53 Å². The van der Waals surface area contributed by atoms with Gasteiger partial charge in [-0.05, 0) is 43.0 Å². The van der Waals surface area contributed by atoms with Crippen LogP contribution < -0.4 is 10.1 Å². The van der Waals surface area contributed by atoms with E-state index in [1.807, 2.05) is 18.2 Å². The highest BCUT2D eigenvalue weighted by Crippen LogP contribution is 2.12. The van der Waals surface area contributed by atoms with E-state index < -0.39 is 0 Å². The van der Waals surface area contributed by atoms with E-state index in [9.17, 15) is 4.79 Å². The molecular weight excluding hydrogens is 262 g/mol. The minimum absolute atomic E-state index is 0.0476. The second-order valence-electron chi connectivity index (χ2n) is 4.93. The molecule has 3 nitrogen and oxygen atoms in total. The molecule has 0 bridgehead atoms. The van der Waals surface area contributed by atoms with Crippen LogP contribution in [0.15, 0.2) is 54.6 Å². The summed E-state index contributed by atoms with van der Waals surface area (Å²) in [6.45, 7) is 0.697. The maximum atomic E-state index is 12.0. The number of nitrogens with one attached hydrogen (secondary N) is 1. The fraction of sp³-hybridized carbons (Fsp3) is 0.278. The van der Waals surface area contributed by atoms with Gasteiger partial charge < -0.3 is 10.1 Å². The Morgan fingerprint density at radius 2 is 1.86 bits per heavy atom. The molecule has 110 valence electrons. The second-order valence-corrected chi connectivity index (χ2v) is 4.93. The highest BCUT2D eigenvalue weighted by atomic mass is 16.5. The Balaban J connectivity index is 1.69. The number of methoxy groups -OCH3 is 1. The third-order valence-corrected chi connectivity index (χ3v) is 3.35. The van der Waals surface area contributed by atoms with Gasteiger partial charge >= 0.3 is 0 Å². The van der Waals surface area contributed by atoms with Gasteiger partial charge in [-0.3, -0.25) is 4.79 Å². The first-order valence-corrected chi connectivity index (χ1v) is 7.26. The molecule has 0 aromatic heterocycles. The Morgan fingerprint density at radius 3 is 2.62 bits per heavy atom. The summed E-state index contributed by atoms with van der Waals surface area (Å²) in [6.07, 6.45) is 3.10. The van der Waals surface area contributed by atoms with E-state index >= 15 is 0 Å². The number of ether oxygens (including phenoxy) is 1. The fourth-order valence-electron chi connectivity index (χ4n) is 2.17. The lowest BCUT2D eigenvalue weighted by atomic mass is 10.1. The van der Waals surface area contributed by atoms with Crippen LogP contribution in [-0.4, -0.2) is 19.6 Å². The third-order valence-electron chi connectivity index (χ3n) is 3.35. The molecule has 0 fully saturated rings. The van der Waals surface area contributed by atoms with Crippen LogP contribution in [0.1, 0.15) is 28.8 Å². The first-order chi connectivity index (χ1) is 10.3. The van der Waals surface area contributed by atoms with Crippen molar-refractivity contribution in [3.8, 4) is 5.75 Å². The van der Waals surface area contributed by atoms with Gasteiger partial charge in [0, 0.05) is 12.1 Å². The molecule has 2 aromatic carbocycles. The standard InChI is InChI=1S/C18H21NO2/c1-21-17-12-7-11-16(14-17)18(20)19-13-6-5-10-15-8-3-2-4-9-15/h2-4,7-9,11-12,14H,5-6,10,13H2,1H3,(H,19,20). The van der Waals surface area contributed by atoms with E-state index in [-0.39, 0.29) is 5.91 Å². The molecule has 0 spiro atoms. The van der Waals surface area contributed by atoms with E-state index in [0.29, 0.717) is 17.9 Å². The molecule has 1 N–H and O–H groups in total. The van der Waals surface area contributed by atoms with Crippen molar-refractivity contribution in [1.29, 1.82) is 0 Å². The van der Waals surface area contributed by atoms with Crippen molar-refractivity contribution in [2.75, 3.05) is 13.7 Å². The van der Waals surface area contributed by atoms with Crippen molar-refractivity contribution >= 4 is 5.91 Å². The summed E-state index contributed by atoms with van der Waals surface area (Å²) in [5.41, 5.74) is 1.98. The van der Waals surface area contributed by atoms with Crippen LogP contribution in [0.2, 0.25) is 0 Å². The van der Waals surface area contributed by atoms with Gasteiger partial charge in [0.2, 0.25) is 0 Å². The molecule has 0 saturated carbocycles. The monoisotopic (exact) mass is 283 g/mol. The molecule has 0 aliphatic rings. The zero-order valence-corrected chi connectivity index (χ0v) is 12.3. The van der Waals surface area contributed by atoms with E-state index in [1.165, 1.54) is 5.56 Å². The van der Waals surface area contributed by atoms with E-state index in [1.54, 1.807) is 19.2 Å². The Labute approximate surface area is 126 Å². The van der Waals surface area contributed by atoms with Crippen molar-refractivity contribution in [2.24, 2.45) is 0 Å². The summed E-state index contributed by atoms with van der Waals surface area (Å²) in [6, 6.07) is 17.6. The summed E-state index contributed by atoms with van der Waals surface area (Å²) < 4.78 is 5.12. The molecule has 0 aliphatic carbocycles. The summed E-state index contributed by atoms with van der Waals surface area (Å²) in [4.78, 5) is 12.0. The predicted molar refractivity (Wildman–Crippen MR) is 84.7 cm³/mol. The maximum Gasteiger partial charge on any atom is 0.251 e. The number of carbonyl (C=O) groups excluding carboxylic acids is 1. The summed E-state index contributed by atoms with van der Waals surface area (Å²) >= 11 is 0. The van der Waals surface area contributed by atoms with Crippen molar-refractivity contribution in [1.82, 2.24) is 5.32 Å². The molecule has 0 aliphatic heterocycles. The normalized spacial score (nSPS) is 10.1. The zero-order valence-electron chi connectivity index (χ0n) is 12.3. The van der Waals surface area contributed by atoms with Crippen molar-refractivity contribution in [3.05, 3.63) is 65.7 Å². The first-order valence-electron chi connectivity index (χ1n) is 7.26. The number of benzene rings is 2. The van der Waals surface area contributed by atoms with Gasteiger partial charge in [0.25, 0.3) is 5.91 Å². The molecule has 0 saturated heterocycles. The minimum atomic E-state index is -0.0476. The summed E-state index contributed by atoms with van der Waals surface area (Å²) in [5, 5.41) is 2.94. The molecule has 2 rings (SSSR count). The maximum absolute atomic E-state index is 12.0. The Bertz CT molecular complexity index is 566. The Kier molecular flexibility index (Phi) is 5.83. The second kappa shape index (κ2) is 8.10. The highest BCUT2D eigenvalue weighted by molar-refractivity contribution is 5.94. The molecule has 0 heterocycles. The molecule has 0 atom stereocenters. The molecular formula is C18H21NO2. The molecule has 0 radical (unpaired) electrons. The summed E-state index contributed by atoms with van der Waals surface area (Å²) in [5.74, 6) is 0.653. The van der Waals surface area contributed by atoms with E-state index in [4.69, 9.17) is 4.74 Å². The van der Waals surface area contributed by atoms with Crippen LogP contribution in [0.4, 0.5) is 0 Å². The number of aryl methyl sites for hydroxylation is 1. The van der Waals surface area contributed by atoms with Gasteiger partial charge in [-0.25, -0.2) is 0 Å². The van der Waals surface area contributed by atoms with Crippen molar-refractivity contribution in [2.45, 2.75) is 19.3 Å². The predicted octanol–water partition coefficient (Wildman–Crippen LogP) is 3.45. The number of carbonyl (C=O) groups is 1. The van der Waals surface area contributed by atoms with Gasteiger partial charge in [-0.2, -0.15) is 0 Å². The fourth-order valence-corrected chi connectivity index (χ4v) is 2.17. The van der Waals surface area contributed by atoms with Gasteiger partial charge in [0.05, 0.1) is 7.11 Å². The number of unbranched alkanes of at least 4 members (excludes halogenated alkanes) is 1. The Hall–Kier alpha value is -2.29. The molecule has 2 aromatic rings. The highest BCUT2D eigenvalue weighted by Gasteiger charge is 2.05. The number of hydrogen-bond acceptors (Lipinski definition) is 2. The van der Waals surface area contributed by atoms with Crippen LogP contribution >= 0.6 is 0 Å². The molecule has 21 heavy (non-hydrogen) atoms. The van der Waals surface area contributed by atoms with E-state index in [2.05, 4.69) is 29.6 Å². The molecule has 3 heteroatoms. The lowest BCUT2D eigenvalue weighted by molar-refractivity contribution is 0.0952. The Morgan fingerprint density at radius 1 is 1.05 bits per heavy atom. The van der Waals surface area contributed by atoms with Gasteiger partial charge in [-0.15, -0.1) is 0 Å². The lowest BCUT2D eigenvalue weighted by Gasteiger charge is -2.07. The largest absolute Gasteiger partial charge is 0.497 e. The molecule has 1 amide bonds. The SMILES string of the molecule is COc1cccc(C(=O)NCCCCc2ccccc2)c1. The lowest BCUT2D eigenvalue weighted by Crippen LogP contribution is -2.24. The average molecular weight is 283 g/mol. The van der Waals surface area contributed by atoms with Crippen LogP contribution in [0.25, 0.3) is 0 Å². The zero-order chi connectivity index (χ0) is 14.9. The first kappa shape index (κ1) is 15.1. The van der Waals surface area contributed by atoms with Gasteiger partial charge in [0.1, 0.15) is 5.75 Å². The minimum Gasteiger partial charge on any atom is -0.497 e. The third kappa shape index (κ3) is 4.95. The van der Waals surface area contributed by atoms with Crippen LogP contribution in [-0.2, 0) is 6.42 Å². The quantitative estimate of drug-likeness (QED) is 0.790. The topological polar surface area (TPSA) is 38.3 Å². The van der Waals surface area contributed by atoms with Crippen LogP contribution in [0.5, 0.6) is 5.75 Å². The molecule has 0 unspecified atom stereocenters. The van der Waals surface area contributed by atoms with Gasteiger partial charge in [0.15, 0.2) is 0 Å². The number of hydrogen-bond donors (Lipinski definition) is 1. The van der Waals surface area contributed by atoms with Crippen LogP contribution in [0.3, 0.4) is 0 Å².